The maximum Gasteiger partial charge on any atom is 0.319 e. The van der Waals surface area contributed by atoms with Crippen molar-refractivity contribution in [1.82, 2.24) is 5.32 Å². The number of urea groups is 1. The number of hydrogen-bond acceptors (Lipinski definition) is 2. The largest absolute Gasteiger partial charge is 0.481 e. The van der Waals surface area contributed by atoms with Crippen molar-refractivity contribution in [2.24, 2.45) is 5.92 Å². The van der Waals surface area contributed by atoms with Gasteiger partial charge in [0.25, 0.3) is 0 Å². The quantitative estimate of drug-likeness (QED) is 0.753. The Kier molecular flexibility index (Phi) is 5.76. The lowest BCUT2D eigenvalue weighted by Crippen LogP contribution is -2.32. The van der Waals surface area contributed by atoms with Crippen LogP contribution in [0.3, 0.4) is 0 Å². The third-order valence-corrected chi connectivity index (χ3v) is 3.71. The molecule has 21 heavy (non-hydrogen) atoms. The van der Waals surface area contributed by atoms with Crippen LogP contribution in [-0.2, 0) is 10.2 Å². The number of nitrogens with one attached hydrogen (secondary N) is 2. The zero-order valence-corrected chi connectivity index (χ0v) is 13.1. The lowest BCUT2D eigenvalue weighted by atomic mass is 9.85. The minimum Gasteiger partial charge on any atom is -0.481 e. The normalized spacial score (nSPS) is 12.6. The molecule has 3 N–H and O–H groups in total. The molecule has 0 saturated heterocycles. The van der Waals surface area contributed by atoms with E-state index in [0.29, 0.717) is 23.7 Å². The average Bonchev–Trinajstić information content (AvgIpc) is 2.45. The van der Waals surface area contributed by atoms with E-state index in [1.54, 1.807) is 38.1 Å². The van der Waals surface area contributed by atoms with Crippen LogP contribution in [-0.4, -0.2) is 23.7 Å². The lowest BCUT2D eigenvalue weighted by Gasteiger charge is -2.20. The van der Waals surface area contributed by atoms with Crippen LogP contribution in [0.1, 0.15) is 39.7 Å². The molecule has 5 nitrogen and oxygen atoms in total. The number of benzene rings is 1. The van der Waals surface area contributed by atoms with Crippen molar-refractivity contribution in [3.05, 3.63) is 29.8 Å². The topological polar surface area (TPSA) is 78.4 Å². The third kappa shape index (κ3) is 4.77. The SMILES string of the molecule is CCC(C)CNC(=O)Nc1ccc(C(C)(C)C(=O)O)cc1. The lowest BCUT2D eigenvalue weighted by molar-refractivity contribution is -0.142. The molecule has 116 valence electrons. The van der Waals surface area contributed by atoms with Gasteiger partial charge in [-0.15, -0.1) is 0 Å². The molecule has 5 heteroatoms. The van der Waals surface area contributed by atoms with Crippen LogP contribution >= 0.6 is 0 Å². The first kappa shape index (κ1) is 17.0. The summed E-state index contributed by atoms with van der Waals surface area (Å²) in [4.78, 5) is 22.9. The minimum absolute atomic E-state index is 0.249. The van der Waals surface area contributed by atoms with Crippen LogP contribution in [0.5, 0.6) is 0 Å². The average molecular weight is 292 g/mol. The molecule has 0 saturated carbocycles. The van der Waals surface area contributed by atoms with Crippen molar-refractivity contribution < 1.29 is 14.7 Å². The molecule has 0 radical (unpaired) electrons. The first-order chi connectivity index (χ1) is 9.77. The van der Waals surface area contributed by atoms with Gasteiger partial charge in [0, 0.05) is 12.2 Å². The van der Waals surface area contributed by atoms with Crippen LogP contribution in [0, 0.1) is 5.92 Å². The molecule has 1 aromatic carbocycles. The number of amides is 2. The van der Waals surface area contributed by atoms with E-state index in [9.17, 15) is 14.7 Å². The number of hydrogen-bond donors (Lipinski definition) is 3. The first-order valence-electron chi connectivity index (χ1n) is 7.16. The highest BCUT2D eigenvalue weighted by Gasteiger charge is 2.29. The Morgan fingerprint density at radius 1 is 1.24 bits per heavy atom. The Labute approximate surface area is 125 Å². The highest BCUT2D eigenvalue weighted by molar-refractivity contribution is 5.89. The van der Waals surface area contributed by atoms with Gasteiger partial charge in [0.15, 0.2) is 0 Å². The molecule has 1 unspecified atom stereocenters. The van der Waals surface area contributed by atoms with Gasteiger partial charge in [-0.1, -0.05) is 32.4 Å². The van der Waals surface area contributed by atoms with E-state index in [1.165, 1.54) is 0 Å². The maximum atomic E-state index is 11.7. The van der Waals surface area contributed by atoms with Crippen LogP contribution in [0.4, 0.5) is 10.5 Å². The Morgan fingerprint density at radius 3 is 2.29 bits per heavy atom. The van der Waals surface area contributed by atoms with Gasteiger partial charge in [-0.05, 0) is 37.5 Å². The van der Waals surface area contributed by atoms with Crippen LogP contribution in [0.2, 0.25) is 0 Å². The van der Waals surface area contributed by atoms with Crippen LogP contribution in [0.15, 0.2) is 24.3 Å². The summed E-state index contributed by atoms with van der Waals surface area (Å²) in [5.41, 5.74) is 0.388. The van der Waals surface area contributed by atoms with E-state index in [0.717, 1.165) is 6.42 Å². The van der Waals surface area contributed by atoms with Gasteiger partial charge in [0.2, 0.25) is 0 Å². The molecule has 1 atom stereocenters. The second-order valence-corrected chi connectivity index (χ2v) is 5.86. The van der Waals surface area contributed by atoms with Crippen molar-refractivity contribution in [3.8, 4) is 0 Å². The second kappa shape index (κ2) is 7.11. The molecule has 0 spiro atoms. The Morgan fingerprint density at radius 2 is 1.81 bits per heavy atom. The third-order valence-electron chi connectivity index (χ3n) is 3.71. The van der Waals surface area contributed by atoms with E-state index in [4.69, 9.17) is 0 Å². The highest BCUT2D eigenvalue weighted by atomic mass is 16.4. The molecule has 0 aliphatic heterocycles. The van der Waals surface area contributed by atoms with Gasteiger partial charge in [-0.25, -0.2) is 4.79 Å². The van der Waals surface area contributed by atoms with E-state index < -0.39 is 11.4 Å². The fourth-order valence-electron chi connectivity index (χ4n) is 1.68. The summed E-state index contributed by atoms with van der Waals surface area (Å²) in [6, 6.07) is 6.61. The predicted octanol–water partition coefficient (Wildman–Crippen LogP) is 3.22. The standard InChI is InChI=1S/C16H24N2O3/c1-5-11(2)10-17-15(21)18-13-8-6-12(7-9-13)16(3,4)14(19)20/h6-9,11H,5,10H2,1-4H3,(H,19,20)(H2,17,18,21). The van der Waals surface area contributed by atoms with Crippen LogP contribution in [0.25, 0.3) is 0 Å². The van der Waals surface area contributed by atoms with Gasteiger partial charge < -0.3 is 15.7 Å². The van der Waals surface area contributed by atoms with E-state index >= 15 is 0 Å². The molecule has 0 aliphatic rings. The summed E-state index contributed by atoms with van der Waals surface area (Å²) >= 11 is 0. The van der Waals surface area contributed by atoms with E-state index in [-0.39, 0.29) is 6.03 Å². The second-order valence-electron chi connectivity index (χ2n) is 5.86. The summed E-state index contributed by atoms with van der Waals surface area (Å²) in [5, 5.41) is 14.7. The number of anilines is 1. The molecule has 0 aliphatic carbocycles. The maximum absolute atomic E-state index is 11.7. The molecule has 0 heterocycles. The van der Waals surface area contributed by atoms with Crippen molar-refractivity contribution in [2.75, 3.05) is 11.9 Å². The minimum atomic E-state index is -0.947. The monoisotopic (exact) mass is 292 g/mol. The molecule has 1 aromatic rings. The van der Waals surface area contributed by atoms with Crippen molar-refractivity contribution >= 4 is 17.7 Å². The Bertz CT molecular complexity index is 495. The number of carboxylic acids is 1. The number of aliphatic carboxylic acids is 1. The summed E-state index contributed by atoms with van der Waals surface area (Å²) in [6.45, 7) is 8.08. The zero-order valence-electron chi connectivity index (χ0n) is 13.1. The zero-order chi connectivity index (χ0) is 16.0. The molecular weight excluding hydrogens is 268 g/mol. The number of rotatable bonds is 6. The van der Waals surface area contributed by atoms with Crippen molar-refractivity contribution in [1.29, 1.82) is 0 Å². The van der Waals surface area contributed by atoms with Crippen LogP contribution < -0.4 is 10.6 Å². The molecular formula is C16H24N2O3. The summed E-state index contributed by atoms with van der Waals surface area (Å²) in [7, 11) is 0. The fourth-order valence-corrected chi connectivity index (χ4v) is 1.68. The van der Waals surface area contributed by atoms with Gasteiger partial charge in [-0.2, -0.15) is 0 Å². The van der Waals surface area contributed by atoms with Gasteiger partial charge in [0.05, 0.1) is 5.41 Å². The summed E-state index contributed by atoms with van der Waals surface area (Å²) < 4.78 is 0. The van der Waals surface area contributed by atoms with Gasteiger partial charge in [-0.3, -0.25) is 4.79 Å². The van der Waals surface area contributed by atoms with Gasteiger partial charge in [0.1, 0.15) is 0 Å². The number of carbonyl (C=O) groups is 2. The molecule has 0 bridgehead atoms. The summed E-state index contributed by atoms with van der Waals surface area (Å²) in [6.07, 6.45) is 1.01. The molecule has 0 fully saturated rings. The number of carboxylic acid groups (broad SMARTS) is 1. The number of carbonyl (C=O) groups excluding carboxylic acids is 1. The molecule has 0 aromatic heterocycles. The molecule has 1 rings (SSSR count). The smallest absolute Gasteiger partial charge is 0.319 e. The van der Waals surface area contributed by atoms with Crippen molar-refractivity contribution in [2.45, 2.75) is 39.5 Å². The fraction of sp³-hybridized carbons (Fsp3) is 0.500. The van der Waals surface area contributed by atoms with E-state index in [2.05, 4.69) is 24.5 Å². The van der Waals surface area contributed by atoms with E-state index in [1.807, 2.05) is 0 Å². The summed E-state index contributed by atoms with van der Waals surface area (Å²) in [5.74, 6) is -0.441. The Hall–Kier alpha value is -2.04. The highest BCUT2D eigenvalue weighted by Crippen LogP contribution is 2.24. The Balaban J connectivity index is 2.63. The first-order valence-corrected chi connectivity index (χ1v) is 7.16. The van der Waals surface area contributed by atoms with Crippen molar-refractivity contribution in [3.63, 3.8) is 0 Å². The molecule has 2 amide bonds. The van der Waals surface area contributed by atoms with Gasteiger partial charge >= 0.3 is 12.0 Å². The predicted molar refractivity (Wildman–Crippen MR) is 83.6 cm³/mol.